The molecule has 0 unspecified atom stereocenters. The lowest BCUT2D eigenvalue weighted by molar-refractivity contribution is -0.384. The number of hydrogen-bond donors (Lipinski definition) is 0. The van der Waals surface area contributed by atoms with Crippen LogP contribution in [0, 0.1) is 10.1 Å². The molecule has 2 aromatic carbocycles. The number of nitro benzene ring substituents is 1. The zero-order valence-corrected chi connectivity index (χ0v) is 10.8. The van der Waals surface area contributed by atoms with E-state index in [-0.39, 0.29) is 10.8 Å². The van der Waals surface area contributed by atoms with Crippen LogP contribution in [0.4, 0.5) is 5.69 Å². The molecule has 19 heavy (non-hydrogen) atoms. The number of carbonyl (C=O) groups excluding carboxylic acids is 1. The van der Waals surface area contributed by atoms with Gasteiger partial charge in [-0.3, -0.25) is 14.9 Å². The van der Waals surface area contributed by atoms with Crippen molar-refractivity contribution in [3.63, 3.8) is 0 Å². The molecular formula is C14H11NO3S. The van der Waals surface area contributed by atoms with Gasteiger partial charge in [0.2, 0.25) is 5.12 Å². The molecule has 0 fully saturated rings. The van der Waals surface area contributed by atoms with Crippen LogP contribution in [0.2, 0.25) is 0 Å². The summed E-state index contributed by atoms with van der Waals surface area (Å²) < 4.78 is 0. The lowest BCUT2D eigenvalue weighted by Crippen LogP contribution is -1.94. The molecule has 0 radical (unpaired) electrons. The van der Waals surface area contributed by atoms with Crippen LogP contribution in [0.15, 0.2) is 54.6 Å². The average Bonchev–Trinajstić information content (AvgIpc) is 2.46. The minimum atomic E-state index is -0.438. The zero-order valence-electron chi connectivity index (χ0n) is 9.98. The fourth-order valence-corrected chi connectivity index (χ4v) is 2.31. The number of thioether (sulfide) groups is 1. The minimum Gasteiger partial charge on any atom is -0.282 e. The van der Waals surface area contributed by atoms with Gasteiger partial charge in [-0.25, -0.2) is 0 Å². The van der Waals surface area contributed by atoms with Crippen molar-refractivity contribution in [1.82, 2.24) is 0 Å². The Balaban J connectivity index is 1.95. The highest BCUT2D eigenvalue weighted by atomic mass is 32.2. The highest BCUT2D eigenvalue weighted by molar-refractivity contribution is 8.13. The summed E-state index contributed by atoms with van der Waals surface area (Å²) in [6.45, 7) is 0. The summed E-state index contributed by atoms with van der Waals surface area (Å²) in [4.78, 5) is 21.9. The first-order chi connectivity index (χ1) is 9.16. The van der Waals surface area contributed by atoms with Crippen LogP contribution in [0.3, 0.4) is 0 Å². The van der Waals surface area contributed by atoms with Crippen LogP contribution in [0.5, 0.6) is 0 Å². The van der Waals surface area contributed by atoms with E-state index in [4.69, 9.17) is 0 Å². The Morgan fingerprint density at radius 3 is 2.26 bits per heavy atom. The number of rotatable bonds is 4. The molecular weight excluding hydrogens is 262 g/mol. The van der Waals surface area contributed by atoms with Gasteiger partial charge in [0.25, 0.3) is 5.69 Å². The van der Waals surface area contributed by atoms with Gasteiger partial charge in [0.05, 0.1) is 4.92 Å². The molecule has 5 heteroatoms. The van der Waals surface area contributed by atoms with E-state index in [1.807, 2.05) is 18.2 Å². The van der Waals surface area contributed by atoms with E-state index >= 15 is 0 Å². The molecule has 96 valence electrons. The molecule has 0 atom stereocenters. The van der Waals surface area contributed by atoms with Gasteiger partial charge >= 0.3 is 0 Å². The largest absolute Gasteiger partial charge is 0.282 e. The Labute approximate surface area is 114 Å². The quantitative estimate of drug-likeness (QED) is 0.630. The number of benzene rings is 2. The van der Waals surface area contributed by atoms with Crippen molar-refractivity contribution in [3.05, 3.63) is 75.8 Å². The van der Waals surface area contributed by atoms with Crippen LogP contribution >= 0.6 is 11.8 Å². The maximum absolute atomic E-state index is 11.8. The van der Waals surface area contributed by atoms with Gasteiger partial charge in [-0.15, -0.1) is 0 Å². The van der Waals surface area contributed by atoms with Gasteiger partial charge in [0, 0.05) is 23.4 Å². The van der Waals surface area contributed by atoms with Crippen LogP contribution in [0.1, 0.15) is 15.9 Å². The molecule has 0 heterocycles. The highest BCUT2D eigenvalue weighted by Crippen LogP contribution is 2.20. The molecule has 0 N–H and O–H groups in total. The molecule has 0 saturated heterocycles. The number of nitro groups is 1. The lowest BCUT2D eigenvalue weighted by Gasteiger charge is -2.01. The predicted octanol–water partition coefficient (Wildman–Crippen LogP) is 3.67. The molecule has 0 aliphatic carbocycles. The molecule has 0 aliphatic heterocycles. The first-order valence-electron chi connectivity index (χ1n) is 5.62. The zero-order chi connectivity index (χ0) is 13.7. The summed E-state index contributed by atoms with van der Waals surface area (Å²) in [5.74, 6) is 0.506. The van der Waals surface area contributed by atoms with Crippen molar-refractivity contribution < 1.29 is 9.72 Å². The summed E-state index contributed by atoms with van der Waals surface area (Å²) in [6, 6.07) is 15.3. The molecule has 2 aromatic rings. The van der Waals surface area contributed by atoms with Crippen molar-refractivity contribution in [1.29, 1.82) is 0 Å². The Morgan fingerprint density at radius 2 is 1.68 bits per heavy atom. The van der Waals surface area contributed by atoms with E-state index in [0.717, 1.165) is 5.56 Å². The Morgan fingerprint density at radius 1 is 1.05 bits per heavy atom. The summed E-state index contributed by atoms with van der Waals surface area (Å²) in [7, 11) is 0. The van der Waals surface area contributed by atoms with E-state index in [1.54, 1.807) is 24.3 Å². The summed E-state index contributed by atoms with van der Waals surface area (Å²) in [6.07, 6.45) is 0. The van der Waals surface area contributed by atoms with Crippen molar-refractivity contribution in [2.24, 2.45) is 0 Å². The smallest absolute Gasteiger partial charge is 0.269 e. The molecule has 4 nitrogen and oxygen atoms in total. The standard InChI is InChI=1S/C14H11NO3S/c16-14(12-4-2-1-3-5-12)19-10-11-6-8-13(9-7-11)15(17)18/h1-9H,10H2. The monoisotopic (exact) mass is 273 g/mol. The van der Waals surface area contributed by atoms with Gasteiger partial charge in [-0.2, -0.15) is 0 Å². The van der Waals surface area contributed by atoms with Gasteiger partial charge in [-0.05, 0) is 5.56 Å². The summed E-state index contributed by atoms with van der Waals surface area (Å²) in [5.41, 5.74) is 1.61. The van der Waals surface area contributed by atoms with Crippen molar-refractivity contribution >= 4 is 22.6 Å². The fraction of sp³-hybridized carbons (Fsp3) is 0.0714. The van der Waals surface area contributed by atoms with Crippen LogP contribution in [0.25, 0.3) is 0 Å². The number of nitrogens with zero attached hydrogens (tertiary/aromatic N) is 1. The highest BCUT2D eigenvalue weighted by Gasteiger charge is 2.08. The number of hydrogen-bond acceptors (Lipinski definition) is 4. The third-order valence-corrected chi connectivity index (χ3v) is 3.50. The van der Waals surface area contributed by atoms with Crippen LogP contribution in [-0.4, -0.2) is 10.0 Å². The second kappa shape index (κ2) is 6.15. The number of non-ortho nitro benzene ring substituents is 1. The third-order valence-electron chi connectivity index (χ3n) is 2.53. The lowest BCUT2D eigenvalue weighted by atomic mass is 10.2. The van der Waals surface area contributed by atoms with Gasteiger partial charge in [-0.1, -0.05) is 54.2 Å². The average molecular weight is 273 g/mol. The van der Waals surface area contributed by atoms with E-state index < -0.39 is 4.92 Å². The first-order valence-corrected chi connectivity index (χ1v) is 6.61. The van der Waals surface area contributed by atoms with E-state index in [0.29, 0.717) is 11.3 Å². The van der Waals surface area contributed by atoms with Gasteiger partial charge < -0.3 is 0 Å². The molecule has 0 amide bonds. The first kappa shape index (κ1) is 13.3. The second-order valence-electron chi connectivity index (χ2n) is 3.87. The Kier molecular flexibility index (Phi) is 4.30. The van der Waals surface area contributed by atoms with Crippen LogP contribution in [-0.2, 0) is 5.75 Å². The van der Waals surface area contributed by atoms with E-state index in [2.05, 4.69) is 0 Å². The predicted molar refractivity (Wildman–Crippen MR) is 75.2 cm³/mol. The summed E-state index contributed by atoms with van der Waals surface area (Å²) in [5, 5.41) is 10.5. The molecule has 0 aromatic heterocycles. The second-order valence-corrected chi connectivity index (χ2v) is 4.81. The SMILES string of the molecule is O=C(SCc1ccc([N+](=O)[O-])cc1)c1ccccc1. The fourth-order valence-electron chi connectivity index (χ4n) is 1.52. The van der Waals surface area contributed by atoms with E-state index in [1.165, 1.54) is 23.9 Å². The molecule has 0 aliphatic rings. The van der Waals surface area contributed by atoms with Crippen LogP contribution < -0.4 is 0 Å². The van der Waals surface area contributed by atoms with Gasteiger partial charge in [0.1, 0.15) is 0 Å². The van der Waals surface area contributed by atoms with Crippen molar-refractivity contribution in [2.45, 2.75) is 5.75 Å². The maximum atomic E-state index is 11.8. The topological polar surface area (TPSA) is 60.2 Å². The molecule has 0 bridgehead atoms. The van der Waals surface area contributed by atoms with Gasteiger partial charge in [0.15, 0.2) is 0 Å². The normalized spacial score (nSPS) is 10.1. The van der Waals surface area contributed by atoms with E-state index in [9.17, 15) is 14.9 Å². The van der Waals surface area contributed by atoms with Crippen molar-refractivity contribution in [2.75, 3.05) is 0 Å². The Bertz CT molecular complexity index is 581. The molecule has 0 saturated carbocycles. The number of carbonyl (C=O) groups is 1. The molecule has 2 rings (SSSR count). The minimum absolute atomic E-state index is 0.000970. The maximum Gasteiger partial charge on any atom is 0.269 e. The summed E-state index contributed by atoms with van der Waals surface area (Å²) >= 11 is 1.19. The Hall–Kier alpha value is -2.14. The third kappa shape index (κ3) is 3.66. The van der Waals surface area contributed by atoms with Crippen molar-refractivity contribution in [3.8, 4) is 0 Å². The molecule has 0 spiro atoms.